The third kappa shape index (κ3) is 3.59. The van der Waals surface area contributed by atoms with Gasteiger partial charge in [-0.1, -0.05) is 36.4 Å². The summed E-state index contributed by atoms with van der Waals surface area (Å²) in [5.74, 6) is -0.322. The number of ether oxygens (including phenoxy) is 3. The highest BCUT2D eigenvalue weighted by molar-refractivity contribution is 5.94. The molecule has 3 aliphatic rings. The predicted octanol–water partition coefficient (Wildman–Crippen LogP) is 1.73. The third-order valence-electron chi connectivity index (χ3n) is 6.37. The van der Waals surface area contributed by atoms with E-state index < -0.39 is 17.4 Å². The van der Waals surface area contributed by atoms with Crippen molar-refractivity contribution in [2.75, 3.05) is 19.7 Å². The van der Waals surface area contributed by atoms with Crippen LogP contribution in [0.2, 0.25) is 0 Å². The molecule has 3 heterocycles. The Morgan fingerprint density at radius 2 is 1.34 bits per heavy atom. The molecule has 0 spiro atoms. The van der Waals surface area contributed by atoms with Crippen LogP contribution in [-0.4, -0.2) is 66.3 Å². The molecule has 32 heavy (non-hydrogen) atoms. The maximum Gasteiger partial charge on any atom is 0.251 e. The van der Waals surface area contributed by atoms with Gasteiger partial charge >= 0.3 is 0 Å². The van der Waals surface area contributed by atoms with E-state index in [4.69, 9.17) is 14.2 Å². The van der Waals surface area contributed by atoms with E-state index in [1.165, 1.54) is 0 Å². The summed E-state index contributed by atoms with van der Waals surface area (Å²) in [7, 11) is 0. The van der Waals surface area contributed by atoms with Crippen LogP contribution in [-0.2, 0) is 14.2 Å². The van der Waals surface area contributed by atoms with Gasteiger partial charge in [0.1, 0.15) is 29.9 Å². The highest BCUT2D eigenvalue weighted by Crippen LogP contribution is 2.48. The molecule has 0 saturated carbocycles. The topological polar surface area (TPSA) is 89.1 Å². The minimum Gasteiger partial charge on any atom is -0.356 e. The molecule has 8 nitrogen and oxygen atoms in total. The fraction of sp³-hybridized carbons (Fsp3) is 0.417. The molecule has 2 aromatic carbocycles. The predicted molar refractivity (Wildman–Crippen MR) is 116 cm³/mol. The zero-order chi connectivity index (χ0) is 22.3. The maximum atomic E-state index is 12.5. The third-order valence-corrected chi connectivity index (χ3v) is 6.37. The summed E-state index contributed by atoms with van der Waals surface area (Å²) in [6.45, 7) is 4.86. The number of rotatable bonds is 6. The fourth-order valence-electron chi connectivity index (χ4n) is 4.69. The van der Waals surface area contributed by atoms with Gasteiger partial charge in [-0.2, -0.15) is 0 Å². The molecule has 3 aliphatic heterocycles. The van der Waals surface area contributed by atoms with Crippen molar-refractivity contribution in [2.45, 2.75) is 43.7 Å². The molecule has 2 N–H and O–H groups in total. The van der Waals surface area contributed by atoms with Crippen molar-refractivity contribution in [3.05, 3.63) is 71.8 Å². The molecule has 5 rings (SSSR count). The summed E-state index contributed by atoms with van der Waals surface area (Å²) in [5, 5.41) is 5.94. The van der Waals surface area contributed by atoms with Crippen LogP contribution in [0.1, 0.15) is 34.6 Å². The Morgan fingerprint density at radius 1 is 0.844 bits per heavy atom. The van der Waals surface area contributed by atoms with Crippen LogP contribution in [0.4, 0.5) is 0 Å². The molecule has 2 amide bonds. The van der Waals surface area contributed by atoms with Crippen LogP contribution in [0, 0.1) is 0 Å². The first kappa shape index (κ1) is 21.1. The normalized spacial score (nSPS) is 33.1. The summed E-state index contributed by atoms with van der Waals surface area (Å²) in [6, 6.07) is 18.1. The summed E-state index contributed by atoms with van der Waals surface area (Å²) in [4.78, 5) is 27.2. The summed E-state index contributed by atoms with van der Waals surface area (Å²) in [6.07, 6.45) is -1.01. The minimum atomic E-state index is -0.752. The number of carbonyl (C=O) groups is 2. The van der Waals surface area contributed by atoms with Crippen LogP contribution >= 0.6 is 0 Å². The lowest BCUT2D eigenvalue weighted by Crippen LogP contribution is -2.51. The first-order valence-corrected chi connectivity index (χ1v) is 10.8. The molecule has 2 aromatic rings. The van der Waals surface area contributed by atoms with Gasteiger partial charge in [-0.15, -0.1) is 0 Å². The molecule has 168 valence electrons. The Labute approximate surface area is 186 Å². The van der Waals surface area contributed by atoms with Crippen LogP contribution in [0.25, 0.3) is 0 Å². The van der Waals surface area contributed by atoms with E-state index in [0.717, 1.165) is 0 Å². The Morgan fingerprint density at radius 3 is 1.88 bits per heavy atom. The van der Waals surface area contributed by atoms with Gasteiger partial charge in [0.05, 0.1) is 19.7 Å². The van der Waals surface area contributed by atoms with E-state index in [-0.39, 0.29) is 37.4 Å². The van der Waals surface area contributed by atoms with E-state index in [2.05, 4.69) is 15.5 Å². The quantitative estimate of drug-likeness (QED) is 0.716. The number of carbonyl (C=O) groups excluding carboxylic acids is 2. The molecule has 8 heteroatoms. The molecule has 0 aromatic heterocycles. The van der Waals surface area contributed by atoms with Gasteiger partial charge in [0.25, 0.3) is 11.8 Å². The number of hydrogen-bond donors (Lipinski definition) is 2. The fourth-order valence-corrected chi connectivity index (χ4v) is 4.69. The van der Waals surface area contributed by atoms with Crippen LogP contribution in [0.5, 0.6) is 0 Å². The molecule has 3 fully saturated rings. The first-order chi connectivity index (χ1) is 15.4. The molecule has 0 aliphatic carbocycles. The lowest BCUT2D eigenvalue weighted by molar-refractivity contribution is -0.126. The van der Waals surface area contributed by atoms with Crippen LogP contribution in [0.15, 0.2) is 60.7 Å². The second-order valence-electron chi connectivity index (χ2n) is 8.90. The second kappa shape index (κ2) is 7.97. The van der Waals surface area contributed by atoms with E-state index in [0.29, 0.717) is 17.7 Å². The summed E-state index contributed by atoms with van der Waals surface area (Å²) >= 11 is 0. The maximum absolute atomic E-state index is 12.5. The molecule has 3 saturated heterocycles. The monoisotopic (exact) mass is 437 g/mol. The largest absolute Gasteiger partial charge is 0.356 e. The first-order valence-electron chi connectivity index (χ1n) is 10.8. The SMILES string of the molecule is C[C@]1(CNC(=O)c2ccccc2)O[C@H]2CO[C@@H]3N2[C@H]1O[C@]3(C)CNC(=O)c1ccccc1. The number of hydrogen-bond acceptors (Lipinski definition) is 6. The standard InChI is InChI=1S/C24H27N3O5/c1-23(14-25-19(28)16-9-5-3-6-10-16)21-27-18(13-30-21)31-24(2,22(27)32-23)15-26-20(29)17-11-7-4-8-12-17/h3-12,18,21-22H,13-15H2,1-2H3,(H,25,28)(H,26,29)/t18-,21-,22-,23+,24+/m0/s1. The van der Waals surface area contributed by atoms with Gasteiger partial charge in [0, 0.05) is 11.1 Å². The Bertz CT molecular complexity index is 948. The van der Waals surface area contributed by atoms with E-state index in [1.54, 1.807) is 24.3 Å². The smallest absolute Gasteiger partial charge is 0.251 e. The van der Waals surface area contributed by atoms with E-state index in [1.807, 2.05) is 50.2 Å². The Balaban J connectivity index is 1.27. The lowest BCUT2D eigenvalue weighted by Gasteiger charge is -2.32. The Kier molecular flexibility index (Phi) is 5.25. The van der Waals surface area contributed by atoms with Crippen molar-refractivity contribution < 1.29 is 23.8 Å². The van der Waals surface area contributed by atoms with Gasteiger partial charge in [-0.3, -0.25) is 9.59 Å². The summed E-state index contributed by atoms with van der Waals surface area (Å²) < 4.78 is 18.7. The number of nitrogens with zero attached hydrogens (tertiary/aromatic N) is 1. The highest BCUT2D eigenvalue weighted by atomic mass is 16.7. The number of benzene rings is 2. The molecular formula is C24H27N3O5. The molecule has 5 atom stereocenters. The van der Waals surface area contributed by atoms with Gasteiger partial charge in [-0.05, 0) is 38.1 Å². The summed E-state index contributed by atoms with van der Waals surface area (Å²) in [5.41, 5.74) is -0.315. The number of nitrogens with one attached hydrogen (secondary N) is 2. The molecule has 0 radical (unpaired) electrons. The van der Waals surface area contributed by atoms with Crippen molar-refractivity contribution in [1.29, 1.82) is 0 Å². The number of amides is 2. The zero-order valence-corrected chi connectivity index (χ0v) is 18.1. The average Bonchev–Trinajstić information content (AvgIpc) is 3.45. The molecule has 0 bridgehead atoms. The molecule has 0 unspecified atom stereocenters. The molecular weight excluding hydrogens is 410 g/mol. The van der Waals surface area contributed by atoms with Gasteiger partial charge in [0.2, 0.25) is 0 Å². The van der Waals surface area contributed by atoms with Crippen molar-refractivity contribution >= 4 is 11.8 Å². The second-order valence-corrected chi connectivity index (χ2v) is 8.90. The van der Waals surface area contributed by atoms with Gasteiger partial charge in [0.15, 0.2) is 0 Å². The zero-order valence-electron chi connectivity index (χ0n) is 18.1. The van der Waals surface area contributed by atoms with Crippen molar-refractivity contribution in [3.63, 3.8) is 0 Å². The van der Waals surface area contributed by atoms with Gasteiger partial charge < -0.3 is 24.8 Å². The van der Waals surface area contributed by atoms with Crippen molar-refractivity contribution in [1.82, 2.24) is 15.5 Å². The van der Waals surface area contributed by atoms with Crippen molar-refractivity contribution in [3.8, 4) is 0 Å². The lowest BCUT2D eigenvalue weighted by atomic mass is 10.0. The van der Waals surface area contributed by atoms with E-state index >= 15 is 0 Å². The van der Waals surface area contributed by atoms with Crippen LogP contribution < -0.4 is 10.6 Å². The minimum absolute atomic E-state index is 0.161. The van der Waals surface area contributed by atoms with E-state index in [9.17, 15) is 9.59 Å². The van der Waals surface area contributed by atoms with Crippen molar-refractivity contribution in [2.24, 2.45) is 0 Å². The Hall–Kier alpha value is -2.78. The average molecular weight is 437 g/mol. The highest BCUT2D eigenvalue weighted by Gasteiger charge is 2.67. The van der Waals surface area contributed by atoms with Crippen LogP contribution in [0.3, 0.4) is 0 Å². The van der Waals surface area contributed by atoms with Gasteiger partial charge in [-0.25, -0.2) is 4.90 Å².